The van der Waals surface area contributed by atoms with Gasteiger partial charge in [0.2, 0.25) is 0 Å². The number of nitrogens with zero attached hydrogens (tertiary/aromatic N) is 5. The first-order valence-electron chi connectivity index (χ1n) is 10.2. The van der Waals surface area contributed by atoms with Crippen LogP contribution < -0.4 is 5.56 Å². The molecular weight excluding hydrogens is 342 g/mol. The van der Waals surface area contributed by atoms with Gasteiger partial charge in [-0.05, 0) is 44.7 Å². The summed E-state index contributed by atoms with van der Waals surface area (Å²) in [6, 6.07) is 1.75. The molecule has 0 atom stereocenters. The highest BCUT2D eigenvalue weighted by atomic mass is 16.5. The third-order valence-electron chi connectivity index (χ3n) is 6.06. The van der Waals surface area contributed by atoms with Gasteiger partial charge in [0.25, 0.3) is 5.56 Å². The lowest BCUT2D eigenvalue weighted by molar-refractivity contribution is 0.0816. The van der Waals surface area contributed by atoms with E-state index in [-0.39, 0.29) is 5.56 Å². The Kier molecular flexibility index (Phi) is 4.57. The second kappa shape index (κ2) is 7.20. The Labute approximate surface area is 159 Å². The predicted molar refractivity (Wildman–Crippen MR) is 100 cm³/mol. The molecule has 1 aliphatic carbocycles. The van der Waals surface area contributed by atoms with Crippen molar-refractivity contribution in [1.82, 2.24) is 24.0 Å². The molecule has 2 aliphatic heterocycles. The molecule has 0 unspecified atom stereocenters. The molecule has 2 aromatic heterocycles. The van der Waals surface area contributed by atoms with E-state index < -0.39 is 0 Å². The average molecular weight is 369 g/mol. The van der Waals surface area contributed by atoms with Crippen molar-refractivity contribution >= 4 is 0 Å². The number of hydrogen-bond acceptors (Lipinski definition) is 5. The van der Waals surface area contributed by atoms with Crippen molar-refractivity contribution in [3.8, 4) is 0 Å². The monoisotopic (exact) mass is 369 g/mol. The first-order chi connectivity index (χ1) is 13.2. The maximum Gasteiger partial charge on any atom is 0.253 e. The average Bonchev–Trinajstić information content (AvgIpc) is 3.45. The Hall–Kier alpha value is -1.99. The molecule has 0 amide bonds. The van der Waals surface area contributed by atoms with Gasteiger partial charge in [0.1, 0.15) is 12.4 Å². The van der Waals surface area contributed by atoms with Gasteiger partial charge in [0.05, 0.1) is 24.3 Å². The largest absolute Gasteiger partial charge is 0.372 e. The zero-order valence-corrected chi connectivity index (χ0v) is 15.7. The van der Waals surface area contributed by atoms with Crippen LogP contribution in [0.5, 0.6) is 0 Å². The number of aromatic nitrogens is 4. The molecule has 2 fully saturated rings. The van der Waals surface area contributed by atoms with Crippen LogP contribution in [-0.2, 0) is 31.0 Å². The molecule has 27 heavy (non-hydrogen) atoms. The molecule has 1 saturated heterocycles. The van der Waals surface area contributed by atoms with E-state index in [0.29, 0.717) is 18.4 Å². The summed E-state index contributed by atoms with van der Waals surface area (Å²) in [5.74, 6) is 2.14. The summed E-state index contributed by atoms with van der Waals surface area (Å²) in [5.41, 5.74) is 2.24. The number of imidazole rings is 1. The van der Waals surface area contributed by atoms with E-state index in [9.17, 15) is 4.79 Å². The molecule has 0 N–H and O–H groups in total. The molecule has 144 valence electrons. The number of fused-ring (bicyclic) bond motifs is 1. The lowest BCUT2D eigenvalue weighted by atomic mass is 9.96. The fourth-order valence-electron chi connectivity index (χ4n) is 4.24. The van der Waals surface area contributed by atoms with Crippen LogP contribution in [0.15, 0.2) is 23.4 Å². The highest BCUT2D eigenvalue weighted by Gasteiger charge is 2.26. The lowest BCUT2D eigenvalue weighted by Crippen LogP contribution is -2.36. The SMILES string of the molecule is O=c1cc(C2CC2)ncn1CC1CCN(Cc2cn3c(n2)COCC3)CC1. The summed E-state index contributed by atoms with van der Waals surface area (Å²) in [4.78, 5) is 24.0. The summed E-state index contributed by atoms with van der Waals surface area (Å²) in [6.45, 7) is 6.14. The Balaban J connectivity index is 1.15. The summed E-state index contributed by atoms with van der Waals surface area (Å²) in [6.07, 6.45) is 8.54. The third kappa shape index (κ3) is 3.84. The number of likely N-dealkylation sites (tertiary alicyclic amines) is 1. The fourth-order valence-corrected chi connectivity index (χ4v) is 4.24. The molecule has 2 aromatic rings. The van der Waals surface area contributed by atoms with E-state index >= 15 is 0 Å². The van der Waals surface area contributed by atoms with Crippen molar-refractivity contribution in [1.29, 1.82) is 0 Å². The second-order valence-corrected chi connectivity index (χ2v) is 8.19. The van der Waals surface area contributed by atoms with Gasteiger partial charge in [0, 0.05) is 37.8 Å². The van der Waals surface area contributed by atoms with Gasteiger partial charge in [-0.3, -0.25) is 14.3 Å². The topological polar surface area (TPSA) is 65.2 Å². The maximum absolute atomic E-state index is 12.3. The normalized spacial score (nSPS) is 21.3. The lowest BCUT2D eigenvalue weighted by Gasteiger charge is -2.31. The predicted octanol–water partition coefficient (Wildman–Crippen LogP) is 1.76. The van der Waals surface area contributed by atoms with Gasteiger partial charge in [-0.1, -0.05) is 0 Å². The van der Waals surface area contributed by atoms with Crippen molar-refractivity contribution in [2.45, 2.75) is 57.8 Å². The molecule has 7 nitrogen and oxygen atoms in total. The number of hydrogen-bond donors (Lipinski definition) is 0. The quantitative estimate of drug-likeness (QED) is 0.804. The van der Waals surface area contributed by atoms with Crippen molar-refractivity contribution in [2.24, 2.45) is 5.92 Å². The summed E-state index contributed by atoms with van der Waals surface area (Å²) in [7, 11) is 0. The van der Waals surface area contributed by atoms with Crippen LogP contribution in [0.2, 0.25) is 0 Å². The van der Waals surface area contributed by atoms with E-state index in [1.165, 1.54) is 12.8 Å². The van der Waals surface area contributed by atoms with E-state index in [0.717, 1.165) is 69.4 Å². The van der Waals surface area contributed by atoms with Gasteiger partial charge in [-0.2, -0.15) is 0 Å². The summed E-state index contributed by atoms with van der Waals surface area (Å²) >= 11 is 0. The Morgan fingerprint density at radius 2 is 2.00 bits per heavy atom. The molecule has 0 spiro atoms. The molecule has 7 heteroatoms. The molecular formula is C20H27N5O2. The highest BCUT2D eigenvalue weighted by Crippen LogP contribution is 2.38. The third-order valence-corrected chi connectivity index (χ3v) is 6.06. The van der Waals surface area contributed by atoms with Crippen LogP contribution in [0.4, 0.5) is 0 Å². The summed E-state index contributed by atoms with van der Waals surface area (Å²) < 4.78 is 9.49. The van der Waals surface area contributed by atoms with Crippen molar-refractivity contribution in [3.05, 3.63) is 46.2 Å². The summed E-state index contributed by atoms with van der Waals surface area (Å²) in [5, 5.41) is 0. The zero-order chi connectivity index (χ0) is 18.2. The van der Waals surface area contributed by atoms with Crippen LogP contribution in [0, 0.1) is 5.92 Å². The van der Waals surface area contributed by atoms with Gasteiger partial charge in [-0.15, -0.1) is 0 Å². The molecule has 0 aromatic carbocycles. The molecule has 0 radical (unpaired) electrons. The number of rotatable bonds is 5. The molecule has 1 saturated carbocycles. The van der Waals surface area contributed by atoms with E-state index in [2.05, 4.69) is 20.6 Å². The molecule has 4 heterocycles. The first kappa shape index (κ1) is 17.1. The minimum Gasteiger partial charge on any atom is -0.372 e. The standard InChI is InChI=1S/C20H27N5O2/c26-20-9-18(16-1-2-16)21-14-25(20)10-15-3-5-23(6-4-15)11-17-12-24-7-8-27-13-19(24)22-17/h9,12,14-16H,1-8,10-11,13H2. The van der Waals surface area contributed by atoms with E-state index in [4.69, 9.17) is 9.72 Å². The van der Waals surface area contributed by atoms with Gasteiger partial charge < -0.3 is 9.30 Å². The maximum atomic E-state index is 12.3. The Morgan fingerprint density at radius 1 is 1.15 bits per heavy atom. The van der Waals surface area contributed by atoms with E-state index in [1.807, 2.05) is 0 Å². The van der Waals surface area contributed by atoms with Gasteiger partial charge >= 0.3 is 0 Å². The molecule has 0 bridgehead atoms. The Morgan fingerprint density at radius 3 is 2.74 bits per heavy atom. The number of ether oxygens (including phenoxy) is 1. The van der Waals surface area contributed by atoms with Crippen molar-refractivity contribution < 1.29 is 4.74 Å². The van der Waals surface area contributed by atoms with E-state index in [1.54, 1.807) is 17.0 Å². The van der Waals surface area contributed by atoms with Crippen molar-refractivity contribution in [3.63, 3.8) is 0 Å². The van der Waals surface area contributed by atoms with Crippen LogP contribution in [-0.4, -0.2) is 43.7 Å². The molecule has 5 rings (SSSR count). The van der Waals surface area contributed by atoms with Crippen LogP contribution >= 0.6 is 0 Å². The smallest absolute Gasteiger partial charge is 0.253 e. The Bertz CT molecular complexity index is 838. The highest BCUT2D eigenvalue weighted by molar-refractivity contribution is 5.12. The number of piperidine rings is 1. The zero-order valence-electron chi connectivity index (χ0n) is 15.7. The van der Waals surface area contributed by atoms with Gasteiger partial charge in [-0.25, -0.2) is 9.97 Å². The minimum atomic E-state index is 0.111. The minimum absolute atomic E-state index is 0.111. The second-order valence-electron chi connectivity index (χ2n) is 8.19. The van der Waals surface area contributed by atoms with Crippen LogP contribution in [0.25, 0.3) is 0 Å². The van der Waals surface area contributed by atoms with Crippen molar-refractivity contribution in [2.75, 3.05) is 19.7 Å². The van der Waals surface area contributed by atoms with Crippen LogP contribution in [0.3, 0.4) is 0 Å². The van der Waals surface area contributed by atoms with Gasteiger partial charge in [0.15, 0.2) is 0 Å². The fraction of sp³-hybridized carbons (Fsp3) is 0.650. The first-order valence-corrected chi connectivity index (χ1v) is 10.2. The molecule has 3 aliphatic rings. The van der Waals surface area contributed by atoms with Crippen LogP contribution in [0.1, 0.15) is 48.8 Å².